The van der Waals surface area contributed by atoms with Crippen molar-refractivity contribution in [2.45, 2.75) is 12.6 Å². The minimum Gasteiger partial charge on any atom is -0.375 e. The highest BCUT2D eigenvalue weighted by molar-refractivity contribution is 5.92. The number of nitrogens with zero attached hydrogens (tertiary/aromatic N) is 4. The summed E-state index contributed by atoms with van der Waals surface area (Å²) in [4.78, 5) is 0. The normalized spacial score (nSPS) is 11.7. The van der Waals surface area contributed by atoms with Crippen LogP contribution in [0.25, 0.3) is 16.4 Å². The molecule has 0 fully saturated rings. The fraction of sp³-hybridized carbons (Fsp3) is 0.167. The lowest BCUT2D eigenvalue weighted by Gasteiger charge is -2.10. The number of nitrogens with two attached hydrogens (primary N) is 1. The molecule has 0 radical (unpaired) electrons. The van der Waals surface area contributed by atoms with Gasteiger partial charge in [-0.1, -0.05) is 54.6 Å². The maximum Gasteiger partial charge on any atom is 0.185 e. The van der Waals surface area contributed by atoms with E-state index < -0.39 is 6.04 Å². The van der Waals surface area contributed by atoms with E-state index in [9.17, 15) is 0 Å². The van der Waals surface area contributed by atoms with Crippen LogP contribution in [0.4, 0.5) is 0 Å². The van der Waals surface area contributed by atoms with Gasteiger partial charge in [-0.25, -0.2) is 0 Å². The fourth-order valence-electron chi connectivity index (χ4n) is 2.69. The van der Waals surface area contributed by atoms with Gasteiger partial charge < -0.3 is 10.5 Å². The molecule has 26 heavy (non-hydrogen) atoms. The minimum absolute atomic E-state index is 0. The van der Waals surface area contributed by atoms with Gasteiger partial charge in [0.15, 0.2) is 11.5 Å². The number of aromatic nitrogens is 4. The third-order valence-electron chi connectivity index (χ3n) is 3.92. The van der Waals surface area contributed by atoms with Crippen LogP contribution in [0.1, 0.15) is 17.4 Å². The second-order valence-corrected chi connectivity index (χ2v) is 5.63. The molecule has 0 saturated heterocycles. The number of benzene rings is 2. The highest BCUT2D eigenvalue weighted by Gasteiger charge is 2.16. The summed E-state index contributed by atoms with van der Waals surface area (Å²) in [5.74, 6) is 0.601. The molecule has 0 amide bonds. The zero-order valence-electron chi connectivity index (χ0n) is 13.9. The highest BCUT2D eigenvalue weighted by atomic mass is 35.5. The molecule has 0 aliphatic carbocycles. The molecule has 2 aromatic carbocycles. The van der Waals surface area contributed by atoms with E-state index in [-0.39, 0.29) is 24.8 Å². The number of fused-ring (bicyclic) bond motifs is 3. The van der Waals surface area contributed by atoms with Crippen molar-refractivity contribution in [2.24, 2.45) is 5.73 Å². The summed E-state index contributed by atoms with van der Waals surface area (Å²) in [5, 5.41) is 14.9. The molecule has 2 N–H and O–H groups in total. The standard InChI is InChI=1S/C18H17N5O.2ClH/c19-16(12-24-11-13-6-2-1-3-7-13)18-22-21-17-15-9-5-4-8-14(15)10-20-23(17)18;;/h1-10,16H,11-12,19H2;2*1H/t16-;;/m0../s1. The van der Waals surface area contributed by atoms with E-state index in [4.69, 9.17) is 10.5 Å². The van der Waals surface area contributed by atoms with Crippen LogP contribution in [0.15, 0.2) is 60.8 Å². The SMILES string of the molecule is Cl.Cl.N[C@@H](COCc1ccccc1)c1nnc2c3ccccc3cnn12. The predicted molar refractivity (Wildman–Crippen MR) is 106 cm³/mol. The summed E-state index contributed by atoms with van der Waals surface area (Å²) in [7, 11) is 0. The van der Waals surface area contributed by atoms with Gasteiger partial charge in [0, 0.05) is 10.8 Å². The first kappa shape index (κ1) is 20.1. The maximum absolute atomic E-state index is 6.23. The van der Waals surface area contributed by atoms with E-state index in [0.29, 0.717) is 24.7 Å². The van der Waals surface area contributed by atoms with Crippen LogP contribution in [0.3, 0.4) is 0 Å². The summed E-state index contributed by atoms with van der Waals surface area (Å²) in [6, 6.07) is 17.5. The van der Waals surface area contributed by atoms with Crippen LogP contribution in [-0.2, 0) is 11.3 Å². The summed E-state index contributed by atoms with van der Waals surface area (Å²) in [5.41, 5.74) is 8.05. The Kier molecular flexibility index (Phi) is 6.88. The third kappa shape index (κ3) is 3.94. The van der Waals surface area contributed by atoms with Crippen LogP contribution >= 0.6 is 24.8 Å². The lowest BCUT2D eigenvalue weighted by Crippen LogP contribution is -2.20. The van der Waals surface area contributed by atoms with Gasteiger partial charge in [0.2, 0.25) is 0 Å². The molecule has 0 aliphatic heterocycles. The molecule has 4 rings (SSSR count). The second-order valence-electron chi connectivity index (χ2n) is 5.63. The van der Waals surface area contributed by atoms with Crippen molar-refractivity contribution < 1.29 is 4.74 Å². The first-order valence-electron chi connectivity index (χ1n) is 7.79. The Hall–Kier alpha value is -2.25. The smallest absolute Gasteiger partial charge is 0.185 e. The van der Waals surface area contributed by atoms with Crippen LogP contribution in [0.2, 0.25) is 0 Å². The molecule has 0 unspecified atom stereocenters. The summed E-state index contributed by atoms with van der Waals surface area (Å²) in [6.07, 6.45) is 1.80. The van der Waals surface area contributed by atoms with Crippen LogP contribution in [-0.4, -0.2) is 26.4 Å². The number of halogens is 2. The van der Waals surface area contributed by atoms with Gasteiger partial charge in [-0.15, -0.1) is 35.0 Å². The molecule has 0 saturated carbocycles. The lowest BCUT2D eigenvalue weighted by molar-refractivity contribution is 0.106. The Morgan fingerprint density at radius 2 is 1.69 bits per heavy atom. The maximum atomic E-state index is 6.23. The van der Waals surface area contributed by atoms with Crippen LogP contribution in [0, 0.1) is 0 Å². The Labute approximate surface area is 163 Å². The topological polar surface area (TPSA) is 78.3 Å². The number of ether oxygens (including phenoxy) is 1. The molecule has 0 spiro atoms. The molecular formula is C18H19Cl2N5O. The Bertz CT molecular complexity index is 977. The zero-order chi connectivity index (χ0) is 16.4. The molecule has 2 aromatic heterocycles. The Morgan fingerprint density at radius 1 is 0.962 bits per heavy atom. The molecule has 1 atom stereocenters. The van der Waals surface area contributed by atoms with Crippen LogP contribution in [0.5, 0.6) is 0 Å². The summed E-state index contributed by atoms with van der Waals surface area (Å²) >= 11 is 0. The van der Waals surface area contributed by atoms with Gasteiger partial charge in [-0.3, -0.25) is 0 Å². The average molecular weight is 392 g/mol. The van der Waals surface area contributed by atoms with Gasteiger partial charge in [0.25, 0.3) is 0 Å². The number of hydrogen-bond acceptors (Lipinski definition) is 5. The predicted octanol–water partition coefficient (Wildman–Crippen LogP) is 3.34. The molecule has 8 heteroatoms. The van der Waals surface area contributed by atoms with Crippen molar-refractivity contribution >= 4 is 41.2 Å². The average Bonchev–Trinajstić information content (AvgIpc) is 3.07. The molecule has 4 aromatic rings. The van der Waals surface area contributed by atoms with Gasteiger partial charge in [-0.2, -0.15) is 9.61 Å². The van der Waals surface area contributed by atoms with Gasteiger partial charge in [-0.05, 0) is 5.56 Å². The van der Waals surface area contributed by atoms with Crippen molar-refractivity contribution in [3.8, 4) is 0 Å². The number of rotatable bonds is 5. The second kappa shape index (κ2) is 8.91. The van der Waals surface area contributed by atoms with Crippen LogP contribution < -0.4 is 5.73 Å². The molecule has 0 bridgehead atoms. The lowest BCUT2D eigenvalue weighted by atomic mass is 10.2. The molecular weight excluding hydrogens is 373 g/mol. The molecule has 136 valence electrons. The van der Waals surface area contributed by atoms with Gasteiger partial charge in [0.05, 0.1) is 25.5 Å². The quantitative estimate of drug-likeness (QED) is 0.564. The number of hydrogen-bond donors (Lipinski definition) is 1. The Morgan fingerprint density at radius 3 is 2.50 bits per heavy atom. The van der Waals surface area contributed by atoms with E-state index in [2.05, 4.69) is 15.3 Å². The third-order valence-corrected chi connectivity index (χ3v) is 3.92. The van der Waals surface area contributed by atoms with E-state index >= 15 is 0 Å². The van der Waals surface area contributed by atoms with Crippen molar-refractivity contribution in [1.29, 1.82) is 0 Å². The van der Waals surface area contributed by atoms with E-state index in [1.165, 1.54) is 0 Å². The molecule has 2 heterocycles. The van der Waals surface area contributed by atoms with Crippen molar-refractivity contribution in [3.63, 3.8) is 0 Å². The van der Waals surface area contributed by atoms with Crippen molar-refractivity contribution in [2.75, 3.05) is 6.61 Å². The van der Waals surface area contributed by atoms with E-state index in [1.54, 1.807) is 10.7 Å². The van der Waals surface area contributed by atoms with E-state index in [0.717, 1.165) is 16.3 Å². The molecule has 0 aliphatic rings. The Balaban J connectivity index is 0.00000121. The summed E-state index contributed by atoms with van der Waals surface area (Å²) in [6.45, 7) is 0.867. The van der Waals surface area contributed by atoms with Crippen molar-refractivity contribution in [3.05, 3.63) is 72.2 Å². The zero-order valence-corrected chi connectivity index (χ0v) is 15.5. The fourth-order valence-corrected chi connectivity index (χ4v) is 2.69. The first-order valence-corrected chi connectivity index (χ1v) is 7.79. The van der Waals surface area contributed by atoms with E-state index in [1.807, 2.05) is 54.6 Å². The highest BCUT2D eigenvalue weighted by Crippen LogP contribution is 2.19. The van der Waals surface area contributed by atoms with Crippen molar-refractivity contribution in [1.82, 2.24) is 19.8 Å². The van der Waals surface area contributed by atoms with Gasteiger partial charge in [0.1, 0.15) is 0 Å². The largest absolute Gasteiger partial charge is 0.375 e. The summed E-state index contributed by atoms with van der Waals surface area (Å²) < 4.78 is 7.40. The first-order chi connectivity index (χ1) is 11.8. The molecule has 6 nitrogen and oxygen atoms in total. The van der Waals surface area contributed by atoms with Gasteiger partial charge >= 0.3 is 0 Å². The monoisotopic (exact) mass is 391 g/mol. The minimum atomic E-state index is -0.391.